The number of unbranched alkanes of at least 4 members (excludes halogenated alkanes) is 12. The molecule has 23 heavy (non-hydrogen) atoms. The zero-order valence-corrected chi connectivity index (χ0v) is 17.7. The van der Waals surface area contributed by atoms with Crippen molar-refractivity contribution in [1.82, 2.24) is 4.90 Å². The molecule has 0 spiro atoms. The van der Waals surface area contributed by atoms with Crippen molar-refractivity contribution in [2.75, 3.05) is 13.1 Å². The van der Waals surface area contributed by atoms with Gasteiger partial charge in [0.2, 0.25) is 0 Å². The van der Waals surface area contributed by atoms with Gasteiger partial charge in [-0.1, -0.05) is 95.2 Å². The van der Waals surface area contributed by atoms with E-state index >= 15 is 0 Å². The van der Waals surface area contributed by atoms with Crippen molar-refractivity contribution < 1.29 is 18.9 Å². The van der Waals surface area contributed by atoms with E-state index in [9.17, 15) is 0 Å². The number of thiocarbonyl (C=S) groups is 1. The molecule has 0 aliphatic carbocycles. The van der Waals surface area contributed by atoms with Gasteiger partial charge in [-0.25, -0.2) is 0 Å². The second-order valence-electron chi connectivity index (χ2n) is 6.50. The van der Waals surface area contributed by atoms with Crippen molar-refractivity contribution in [2.24, 2.45) is 0 Å². The van der Waals surface area contributed by atoms with E-state index in [-0.39, 0.29) is 18.9 Å². The summed E-state index contributed by atoms with van der Waals surface area (Å²) < 4.78 is 0.678. The molecule has 0 aromatic rings. The Labute approximate surface area is 169 Å². The first-order chi connectivity index (χ1) is 10.7. The molecule has 0 saturated carbocycles. The van der Waals surface area contributed by atoms with Gasteiger partial charge in [0.25, 0.3) is 0 Å². The molecule has 0 aliphatic rings. The maximum atomic E-state index is 5.23. The summed E-state index contributed by atoms with van der Waals surface area (Å²) in [6.07, 6.45) is 18.9. The molecule has 0 rings (SSSR count). The molecule has 0 atom stereocenters. The van der Waals surface area contributed by atoms with Crippen molar-refractivity contribution in [1.29, 1.82) is 0 Å². The van der Waals surface area contributed by atoms with Crippen molar-refractivity contribution in [3.63, 3.8) is 0 Å². The van der Waals surface area contributed by atoms with Crippen LogP contribution in [0.25, 0.3) is 0 Å². The summed E-state index contributed by atoms with van der Waals surface area (Å²) in [5, 5.41) is 0. The minimum Gasteiger partial charge on any atom is -0.411 e. The first-order valence-corrected chi connectivity index (χ1v) is 10.5. The van der Waals surface area contributed by atoms with E-state index in [0.717, 1.165) is 13.1 Å². The zero-order chi connectivity index (χ0) is 16.5. The Morgan fingerprint density at radius 3 is 1.26 bits per heavy atom. The van der Waals surface area contributed by atoms with Crippen LogP contribution in [0.15, 0.2) is 0 Å². The Kier molecular flexibility index (Phi) is 23.4. The predicted octanol–water partition coefficient (Wildman–Crippen LogP) is 3.63. The number of nitrogens with zero attached hydrogens (tertiary/aromatic N) is 1. The van der Waals surface area contributed by atoms with E-state index in [1.165, 1.54) is 89.9 Å². The smallest absolute Gasteiger partial charge is 0.411 e. The van der Waals surface area contributed by atoms with Crippen LogP contribution in [0, 0.1) is 0 Å². The molecule has 0 radical (unpaired) electrons. The Bertz CT molecular complexity index is 232. The van der Waals surface area contributed by atoms with Gasteiger partial charge < -0.3 is 29.7 Å². The first-order valence-electron chi connectivity index (χ1n) is 9.68. The van der Waals surface area contributed by atoms with Crippen molar-refractivity contribution in [3.05, 3.63) is 0 Å². The summed E-state index contributed by atoms with van der Waals surface area (Å²) in [6, 6.07) is 0. The summed E-state index contributed by atoms with van der Waals surface area (Å²) in [5.41, 5.74) is 0. The van der Waals surface area contributed by atoms with Gasteiger partial charge in [0.15, 0.2) is 0 Å². The second kappa shape index (κ2) is 20.8. The monoisotopic (exact) mass is 351 g/mol. The standard InChI is InChI=1S/C19H39NS2.Li/c1-3-5-7-9-11-13-15-17-20(19(21)22)18-16-14-12-10-8-6-4-2;/h3-18H2,1-2H3,(H,21,22);/q;+1/p-1. The third kappa shape index (κ3) is 18.9. The molecular weight excluding hydrogens is 313 g/mol. The summed E-state index contributed by atoms with van der Waals surface area (Å²) in [4.78, 5) is 2.25. The minimum atomic E-state index is 0. The Balaban J connectivity index is 0. The van der Waals surface area contributed by atoms with Crippen LogP contribution in [-0.2, 0) is 12.6 Å². The van der Waals surface area contributed by atoms with Crippen LogP contribution in [0.1, 0.15) is 104 Å². The maximum absolute atomic E-state index is 5.23. The fourth-order valence-corrected chi connectivity index (χ4v) is 3.18. The average Bonchev–Trinajstić information content (AvgIpc) is 2.50. The average molecular weight is 352 g/mol. The van der Waals surface area contributed by atoms with Crippen LogP contribution in [0.2, 0.25) is 0 Å². The van der Waals surface area contributed by atoms with Crippen LogP contribution in [0.5, 0.6) is 0 Å². The molecule has 4 heteroatoms. The van der Waals surface area contributed by atoms with Crippen LogP contribution in [-0.4, -0.2) is 22.3 Å². The van der Waals surface area contributed by atoms with Gasteiger partial charge in [-0.05, 0) is 12.8 Å². The normalized spacial score (nSPS) is 10.3. The topological polar surface area (TPSA) is 3.24 Å². The van der Waals surface area contributed by atoms with E-state index < -0.39 is 0 Å². The Hall–Kier alpha value is 0.707. The third-order valence-electron chi connectivity index (χ3n) is 4.32. The summed E-state index contributed by atoms with van der Waals surface area (Å²) in [7, 11) is 0. The molecule has 0 aromatic heterocycles. The van der Waals surface area contributed by atoms with Gasteiger partial charge in [0, 0.05) is 13.1 Å². The van der Waals surface area contributed by atoms with Crippen LogP contribution in [0.4, 0.5) is 0 Å². The SMILES string of the molecule is CCCCCCCCCN(CCCCCCCCC)C(=S)[S-].[Li+]. The van der Waals surface area contributed by atoms with Crippen molar-refractivity contribution >= 4 is 29.2 Å². The summed E-state index contributed by atoms with van der Waals surface area (Å²) in [6.45, 7) is 6.69. The van der Waals surface area contributed by atoms with E-state index in [1.54, 1.807) is 0 Å². The fraction of sp³-hybridized carbons (Fsp3) is 0.947. The molecule has 0 unspecified atom stereocenters. The molecule has 0 fully saturated rings. The van der Waals surface area contributed by atoms with Gasteiger partial charge in [0.1, 0.15) is 0 Å². The van der Waals surface area contributed by atoms with E-state index in [2.05, 4.69) is 18.7 Å². The molecule has 0 bridgehead atoms. The molecular formula is C19H38LiNS2. The molecule has 0 N–H and O–H groups in total. The third-order valence-corrected chi connectivity index (χ3v) is 4.84. The summed E-state index contributed by atoms with van der Waals surface area (Å²) in [5.74, 6) is 0. The first kappa shape index (κ1) is 25.9. The molecule has 1 nitrogen and oxygen atoms in total. The zero-order valence-electron chi connectivity index (χ0n) is 16.1. The number of rotatable bonds is 16. The molecule has 132 valence electrons. The van der Waals surface area contributed by atoms with Crippen LogP contribution in [0.3, 0.4) is 0 Å². The Morgan fingerprint density at radius 2 is 0.957 bits per heavy atom. The number of hydrogen-bond donors (Lipinski definition) is 0. The molecule has 0 aliphatic heterocycles. The molecule has 0 heterocycles. The quantitative estimate of drug-likeness (QED) is 0.181. The minimum absolute atomic E-state index is 0. The molecule has 0 saturated heterocycles. The van der Waals surface area contributed by atoms with Crippen molar-refractivity contribution in [3.8, 4) is 0 Å². The molecule has 0 amide bonds. The molecule has 0 aromatic carbocycles. The van der Waals surface area contributed by atoms with Gasteiger partial charge in [-0.15, -0.1) is 0 Å². The predicted molar refractivity (Wildman–Crippen MR) is 108 cm³/mol. The summed E-state index contributed by atoms with van der Waals surface area (Å²) >= 11 is 10.5. The van der Waals surface area contributed by atoms with Crippen LogP contribution < -0.4 is 18.9 Å². The van der Waals surface area contributed by atoms with E-state index in [1.807, 2.05) is 0 Å². The van der Waals surface area contributed by atoms with Gasteiger partial charge in [0.05, 0.1) is 0 Å². The van der Waals surface area contributed by atoms with Gasteiger partial charge >= 0.3 is 18.9 Å². The largest absolute Gasteiger partial charge is 1.00 e. The van der Waals surface area contributed by atoms with E-state index in [0.29, 0.717) is 4.32 Å². The van der Waals surface area contributed by atoms with E-state index in [4.69, 9.17) is 24.8 Å². The Morgan fingerprint density at radius 1 is 0.652 bits per heavy atom. The fourth-order valence-electron chi connectivity index (χ4n) is 2.81. The maximum Gasteiger partial charge on any atom is 1.00 e. The van der Waals surface area contributed by atoms with Gasteiger partial charge in [-0.2, -0.15) is 0 Å². The van der Waals surface area contributed by atoms with Crippen LogP contribution >= 0.6 is 12.2 Å². The van der Waals surface area contributed by atoms with Crippen molar-refractivity contribution in [2.45, 2.75) is 104 Å². The second-order valence-corrected chi connectivity index (χ2v) is 7.53. The van der Waals surface area contributed by atoms with Gasteiger partial charge in [-0.3, -0.25) is 0 Å². The number of hydrogen-bond acceptors (Lipinski definition) is 2.